The number of hydrogen-bond acceptors (Lipinski definition) is 5. The van der Waals surface area contributed by atoms with E-state index in [0.29, 0.717) is 31.6 Å². The molecule has 2 heterocycles. The molecule has 7 nitrogen and oxygen atoms in total. The van der Waals surface area contributed by atoms with Crippen molar-refractivity contribution in [1.82, 2.24) is 9.97 Å². The maximum absolute atomic E-state index is 11.9. The molecule has 0 unspecified atom stereocenters. The smallest absolute Gasteiger partial charge is 0.337 e. The Kier molecular flexibility index (Phi) is 4.72. The summed E-state index contributed by atoms with van der Waals surface area (Å²) in [5, 5.41) is 0.192. The van der Waals surface area contributed by atoms with Crippen LogP contribution in [-0.2, 0) is 17.8 Å². The minimum absolute atomic E-state index is 0.101. The zero-order valence-electron chi connectivity index (χ0n) is 12.8. The second kappa shape index (κ2) is 7.10. The van der Waals surface area contributed by atoms with Gasteiger partial charge in [0.25, 0.3) is 5.56 Å². The number of aryl methyl sites for hydroxylation is 1. The van der Waals surface area contributed by atoms with E-state index in [2.05, 4.69) is 9.97 Å². The molecule has 0 aliphatic heterocycles. The SMILES string of the molecule is O=c1[nH]c(=O)c2c(CCCOCc3ccccc3)cc(=O)oc2[nH]1. The molecule has 3 aromatic rings. The minimum atomic E-state index is -0.709. The van der Waals surface area contributed by atoms with Crippen molar-refractivity contribution in [1.29, 1.82) is 0 Å². The maximum atomic E-state index is 11.9. The first-order chi connectivity index (χ1) is 11.6. The number of hydrogen-bond donors (Lipinski definition) is 2. The average Bonchev–Trinajstić information content (AvgIpc) is 2.54. The number of fused-ring (bicyclic) bond motifs is 1. The van der Waals surface area contributed by atoms with Crippen LogP contribution in [0.2, 0.25) is 0 Å². The van der Waals surface area contributed by atoms with Crippen LogP contribution in [0.1, 0.15) is 17.5 Å². The Bertz CT molecular complexity index is 996. The van der Waals surface area contributed by atoms with Crippen LogP contribution in [0.25, 0.3) is 11.1 Å². The highest BCUT2D eigenvalue weighted by Crippen LogP contribution is 2.11. The topological polar surface area (TPSA) is 105 Å². The Morgan fingerprint density at radius 1 is 1.04 bits per heavy atom. The van der Waals surface area contributed by atoms with Crippen LogP contribution < -0.4 is 16.9 Å². The molecule has 24 heavy (non-hydrogen) atoms. The van der Waals surface area contributed by atoms with Gasteiger partial charge in [-0.1, -0.05) is 30.3 Å². The van der Waals surface area contributed by atoms with Crippen LogP contribution in [0.3, 0.4) is 0 Å². The summed E-state index contributed by atoms with van der Waals surface area (Å²) in [4.78, 5) is 39.2. The fourth-order valence-electron chi connectivity index (χ4n) is 2.50. The third kappa shape index (κ3) is 3.69. The maximum Gasteiger partial charge on any atom is 0.337 e. The van der Waals surface area contributed by atoms with Crippen LogP contribution in [0.5, 0.6) is 0 Å². The van der Waals surface area contributed by atoms with Gasteiger partial charge in [0, 0.05) is 12.7 Å². The molecular weight excluding hydrogens is 312 g/mol. The summed E-state index contributed by atoms with van der Waals surface area (Å²) < 4.78 is 10.5. The zero-order valence-corrected chi connectivity index (χ0v) is 12.8. The highest BCUT2D eigenvalue weighted by atomic mass is 16.5. The highest BCUT2D eigenvalue weighted by molar-refractivity contribution is 5.75. The Labute approximate surface area is 135 Å². The number of ether oxygens (including phenoxy) is 1. The standard InChI is InChI=1S/C17H16N2O5/c20-13-9-12(14-15(21)18-17(22)19-16(14)24-13)7-4-8-23-10-11-5-2-1-3-6-11/h1-3,5-6,9H,4,7-8,10H2,(H2,18,19,21,22). The van der Waals surface area contributed by atoms with Gasteiger partial charge >= 0.3 is 11.3 Å². The van der Waals surface area contributed by atoms with Crippen molar-refractivity contribution >= 4 is 11.1 Å². The summed E-state index contributed by atoms with van der Waals surface area (Å²) >= 11 is 0. The molecule has 124 valence electrons. The van der Waals surface area contributed by atoms with Gasteiger partial charge in [0.05, 0.1) is 6.61 Å². The number of aromatic nitrogens is 2. The van der Waals surface area contributed by atoms with Gasteiger partial charge in [-0.3, -0.25) is 14.8 Å². The normalized spacial score (nSPS) is 11.0. The first-order valence-electron chi connectivity index (χ1n) is 7.54. The molecule has 3 rings (SSSR count). The fourth-order valence-corrected chi connectivity index (χ4v) is 2.50. The van der Waals surface area contributed by atoms with Gasteiger partial charge in [0.2, 0.25) is 5.71 Å². The second-order valence-corrected chi connectivity index (χ2v) is 5.34. The van der Waals surface area contributed by atoms with E-state index >= 15 is 0 Å². The molecule has 0 aliphatic carbocycles. The van der Waals surface area contributed by atoms with Gasteiger partial charge in [-0.25, -0.2) is 9.59 Å². The van der Waals surface area contributed by atoms with E-state index in [9.17, 15) is 14.4 Å². The van der Waals surface area contributed by atoms with Crippen molar-refractivity contribution < 1.29 is 9.15 Å². The molecule has 0 saturated carbocycles. The number of benzene rings is 1. The Morgan fingerprint density at radius 3 is 2.62 bits per heavy atom. The summed E-state index contributed by atoms with van der Waals surface area (Å²) in [6.07, 6.45) is 1.09. The van der Waals surface area contributed by atoms with Gasteiger partial charge in [0.15, 0.2) is 0 Å². The molecule has 0 spiro atoms. The quantitative estimate of drug-likeness (QED) is 0.664. The van der Waals surface area contributed by atoms with Crippen molar-refractivity contribution in [2.24, 2.45) is 0 Å². The third-order valence-electron chi connectivity index (χ3n) is 3.57. The summed E-state index contributed by atoms with van der Waals surface area (Å²) in [6, 6.07) is 11.1. The zero-order chi connectivity index (χ0) is 16.9. The summed E-state index contributed by atoms with van der Waals surface area (Å²) in [7, 11) is 0. The molecule has 0 saturated heterocycles. The largest absolute Gasteiger partial charge is 0.405 e. The Hall–Kier alpha value is -2.93. The molecule has 2 aromatic heterocycles. The van der Waals surface area contributed by atoms with E-state index in [1.54, 1.807) is 0 Å². The molecule has 0 amide bonds. The van der Waals surface area contributed by atoms with E-state index in [0.717, 1.165) is 5.56 Å². The lowest BCUT2D eigenvalue weighted by Crippen LogP contribution is -2.24. The molecule has 2 N–H and O–H groups in total. The van der Waals surface area contributed by atoms with E-state index in [1.165, 1.54) is 6.07 Å². The van der Waals surface area contributed by atoms with E-state index < -0.39 is 16.9 Å². The van der Waals surface area contributed by atoms with Crippen molar-refractivity contribution in [3.8, 4) is 0 Å². The van der Waals surface area contributed by atoms with Gasteiger partial charge < -0.3 is 9.15 Å². The number of rotatable bonds is 6. The third-order valence-corrected chi connectivity index (χ3v) is 3.57. The van der Waals surface area contributed by atoms with Crippen LogP contribution in [-0.4, -0.2) is 16.6 Å². The molecule has 0 atom stereocenters. The lowest BCUT2D eigenvalue weighted by Gasteiger charge is -2.06. The average molecular weight is 328 g/mol. The lowest BCUT2D eigenvalue weighted by molar-refractivity contribution is 0.119. The molecule has 1 aromatic carbocycles. The summed E-state index contributed by atoms with van der Waals surface area (Å²) in [6.45, 7) is 0.990. The minimum Gasteiger partial charge on any atom is -0.405 e. The van der Waals surface area contributed by atoms with E-state index in [4.69, 9.17) is 9.15 Å². The lowest BCUT2D eigenvalue weighted by atomic mass is 10.1. The van der Waals surface area contributed by atoms with Crippen molar-refractivity contribution in [2.75, 3.05) is 6.61 Å². The number of H-pyrrole nitrogens is 2. The Balaban J connectivity index is 1.68. The summed E-state index contributed by atoms with van der Waals surface area (Å²) in [5.74, 6) is 0. The van der Waals surface area contributed by atoms with Crippen LogP contribution in [0.4, 0.5) is 0 Å². The molecular formula is C17H16N2O5. The van der Waals surface area contributed by atoms with Crippen molar-refractivity contribution in [3.63, 3.8) is 0 Å². The fraction of sp³-hybridized carbons (Fsp3) is 0.235. The monoisotopic (exact) mass is 328 g/mol. The van der Waals surface area contributed by atoms with Crippen LogP contribution in [0, 0.1) is 0 Å². The molecule has 0 radical (unpaired) electrons. The summed E-state index contributed by atoms with van der Waals surface area (Å²) in [5.41, 5.74) is -0.378. The first-order valence-corrected chi connectivity index (χ1v) is 7.54. The van der Waals surface area contributed by atoms with Gasteiger partial charge in [-0.05, 0) is 24.0 Å². The van der Waals surface area contributed by atoms with Gasteiger partial charge in [-0.2, -0.15) is 0 Å². The molecule has 0 aliphatic rings. The Morgan fingerprint density at radius 2 is 1.83 bits per heavy atom. The molecule has 7 heteroatoms. The van der Waals surface area contributed by atoms with Crippen LogP contribution >= 0.6 is 0 Å². The van der Waals surface area contributed by atoms with E-state index in [-0.39, 0.29) is 11.1 Å². The van der Waals surface area contributed by atoms with E-state index in [1.807, 2.05) is 30.3 Å². The predicted octanol–water partition coefficient (Wildman–Crippen LogP) is 1.32. The molecule has 0 bridgehead atoms. The number of nitrogens with one attached hydrogen (secondary N) is 2. The molecule has 0 fully saturated rings. The predicted molar refractivity (Wildman–Crippen MR) is 88.1 cm³/mol. The van der Waals surface area contributed by atoms with Crippen molar-refractivity contribution in [2.45, 2.75) is 19.4 Å². The highest BCUT2D eigenvalue weighted by Gasteiger charge is 2.10. The van der Waals surface area contributed by atoms with Crippen LogP contribution in [0.15, 0.2) is 55.2 Å². The van der Waals surface area contributed by atoms with Gasteiger partial charge in [0.1, 0.15) is 5.39 Å². The second-order valence-electron chi connectivity index (χ2n) is 5.34. The number of aromatic amines is 2. The van der Waals surface area contributed by atoms with Crippen molar-refractivity contribution in [3.05, 3.63) is 78.8 Å². The van der Waals surface area contributed by atoms with Gasteiger partial charge in [-0.15, -0.1) is 0 Å². The first kappa shape index (κ1) is 15.9.